The maximum Gasteiger partial charge on any atom is 0.390 e. The Morgan fingerprint density at radius 3 is 2.45 bits per heavy atom. The summed E-state index contributed by atoms with van der Waals surface area (Å²) in [6.07, 6.45) is -5.17. The van der Waals surface area contributed by atoms with Gasteiger partial charge in [0.15, 0.2) is 11.6 Å². The van der Waals surface area contributed by atoms with Crippen molar-refractivity contribution in [3.05, 3.63) is 35.4 Å². The molecule has 20 heavy (non-hydrogen) atoms. The molecule has 1 rings (SSSR count). The molecule has 2 nitrogen and oxygen atoms in total. The predicted octanol–water partition coefficient (Wildman–Crippen LogP) is 3.11. The van der Waals surface area contributed by atoms with E-state index in [0.29, 0.717) is 0 Å². The first-order valence-electron chi connectivity index (χ1n) is 6.11. The number of alkyl halides is 3. The summed E-state index contributed by atoms with van der Waals surface area (Å²) in [5.74, 6) is -1.95. The molecular formula is C13H17F5N2. The van der Waals surface area contributed by atoms with E-state index in [9.17, 15) is 22.0 Å². The van der Waals surface area contributed by atoms with Gasteiger partial charge in [0.1, 0.15) is 0 Å². The van der Waals surface area contributed by atoms with E-state index in [2.05, 4.69) is 5.32 Å². The Hall–Kier alpha value is -1.21. The monoisotopic (exact) mass is 296 g/mol. The van der Waals surface area contributed by atoms with Crippen molar-refractivity contribution >= 4 is 0 Å². The highest BCUT2D eigenvalue weighted by atomic mass is 19.4. The number of nitrogens with zero attached hydrogens (tertiary/aromatic N) is 1. The van der Waals surface area contributed by atoms with Crippen LogP contribution in [0.15, 0.2) is 18.2 Å². The fourth-order valence-corrected chi connectivity index (χ4v) is 1.86. The van der Waals surface area contributed by atoms with Crippen molar-refractivity contribution in [1.82, 2.24) is 10.2 Å². The van der Waals surface area contributed by atoms with Gasteiger partial charge in [0.05, 0.1) is 6.42 Å². The van der Waals surface area contributed by atoms with Gasteiger partial charge >= 0.3 is 6.18 Å². The molecular weight excluding hydrogens is 279 g/mol. The minimum atomic E-state index is -4.23. The molecule has 0 radical (unpaired) electrons. The van der Waals surface area contributed by atoms with Crippen molar-refractivity contribution in [2.45, 2.75) is 18.6 Å². The minimum Gasteiger partial charge on any atom is -0.312 e. The van der Waals surface area contributed by atoms with Gasteiger partial charge < -0.3 is 10.2 Å². The Kier molecular flexibility index (Phi) is 5.88. The van der Waals surface area contributed by atoms with E-state index in [4.69, 9.17) is 0 Å². The molecule has 0 aliphatic carbocycles. The molecule has 0 saturated carbocycles. The third-order valence-electron chi connectivity index (χ3n) is 2.98. The summed E-state index contributed by atoms with van der Waals surface area (Å²) < 4.78 is 63.2. The molecule has 1 atom stereocenters. The topological polar surface area (TPSA) is 15.3 Å². The molecule has 1 aromatic rings. The van der Waals surface area contributed by atoms with Crippen LogP contribution in [0.4, 0.5) is 22.0 Å². The number of hydrogen-bond acceptors (Lipinski definition) is 2. The zero-order chi connectivity index (χ0) is 15.3. The second-order valence-corrected chi connectivity index (χ2v) is 4.61. The Morgan fingerprint density at radius 2 is 1.90 bits per heavy atom. The van der Waals surface area contributed by atoms with E-state index in [0.717, 1.165) is 6.07 Å². The van der Waals surface area contributed by atoms with Crippen molar-refractivity contribution in [3.63, 3.8) is 0 Å². The summed E-state index contributed by atoms with van der Waals surface area (Å²) in [7, 11) is 3.06. The van der Waals surface area contributed by atoms with E-state index in [1.807, 2.05) is 0 Å². The molecule has 0 aliphatic rings. The lowest BCUT2D eigenvalue weighted by atomic mass is 10.1. The van der Waals surface area contributed by atoms with Crippen molar-refractivity contribution in [2.24, 2.45) is 0 Å². The van der Waals surface area contributed by atoms with Crippen LogP contribution in [0.25, 0.3) is 0 Å². The Bertz CT molecular complexity index is 433. The maximum atomic E-state index is 13.7. The minimum absolute atomic E-state index is 0.103. The third-order valence-corrected chi connectivity index (χ3v) is 2.98. The first-order valence-corrected chi connectivity index (χ1v) is 6.11. The van der Waals surface area contributed by atoms with Gasteiger partial charge in [-0.3, -0.25) is 0 Å². The van der Waals surface area contributed by atoms with Crippen LogP contribution in [0.5, 0.6) is 0 Å². The molecule has 0 aliphatic heterocycles. The Labute approximate surface area is 114 Å². The van der Waals surface area contributed by atoms with Crippen LogP contribution in [0, 0.1) is 11.6 Å². The zero-order valence-electron chi connectivity index (χ0n) is 11.3. The molecule has 1 unspecified atom stereocenters. The highest BCUT2D eigenvalue weighted by molar-refractivity contribution is 5.22. The summed E-state index contributed by atoms with van der Waals surface area (Å²) in [4.78, 5) is 1.43. The maximum absolute atomic E-state index is 13.7. The predicted molar refractivity (Wildman–Crippen MR) is 66.3 cm³/mol. The molecule has 1 aromatic carbocycles. The van der Waals surface area contributed by atoms with Crippen LogP contribution in [-0.4, -0.2) is 38.3 Å². The zero-order valence-corrected chi connectivity index (χ0v) is 11.3. The van der Waals surface area contributed by atoms with E-state index in [1.54, 1.807) is 7.05 Å². The standard InChI is InChI=1S/C13H17F5N2/c1-19-11(8-20(2)7-6-13(16,17)18)9-4-3-5-10(14)12(9)15/h3-5,11,19H,6-8H2,1-2H3. The van der Waals surface area contributed by atoms with Gasteiger partial charge in [0.25, 0.3) is 0 Å². The van der Waals surface area contributed by atoms with Crippen LogP contribution in [0.1, 0.15) is 18.0 Å². The highest BCUT2D eigenvalue weighted by Gasteiger charge is 2.27. The van der Waals surface area contributed by atoms with E-state index in [1.165, 1.54) is 24.1 Å². The van der Waals surface area contributed by atoms with Gasteiger partial charge in [0.2, 0.25) is 0 Å². The van der Waals surface area contributed by atoms with E-state index >= 15 is 0 Å². The molecule has 0 fully saturated rings. The van der Waals surface area contributed by atoms with Gasteiger partial charge in [-0.2, -0.15) is 13.2 Å². The summed E-state index contributed by atoms with van der Waals surface area (Å²) in [5.41, 5.74) is 0.103. The number of likely N-dealkylation sites (N-methyl/N-ethyl adjacent to an activating group) is 2. The second-order valence-electron chi connectivity index (χ2n) is 4.61. The number of nitrogens with one attached hydrogen (secondary N) is 1. The smallest absolute Gasteiger partial charge is 0.312 e. The lowest BCUT2D eigenvalue weighted by molar-refractivity contribution is -0.137. The number of halogens is 5. The third kappa shape index (κ3) is 5.05. The second kappa shape index (κ2) is 6.99. The largest absolute Gasteiger partial charge is 0.390 e. The summed E-state index contributed by atoms with van der Waals surface area (Å²) in [6.45, 7) is -0.0500. The van der Waals surface area contributed by atoms with E-state index < -0.39 is 30.3 Å². The fourth-order valence-electron chi connectivity index (χ4n) is 1.86. The average molecular weight is 296 g/mol. The SMILES string of the molecule is CNC(CN(C)CCC(F)(F)F)c1cccc(F)c1F. The van der Waals surface area contributed by atoms with E-state index in [-0.39, 0.29) is 18.7 Å². The van der Waals surface area contributed by atoms with Gasteiger partial charge in [-0.25, -0.2) is 8.78 Å². The molecule has 114 valence electrons. The highest BCUT2D eigenvalue weighted by Crippen LogP contribution is 2.22. The lowest BCUT2D eigenvalue weighted by Gasteiger charge is -2.24. The molecule has 1 N–H and O–H groups in total. The fraction of sp³-hybridized carbons (Fsp3) is 0.538. The number of benzene rings is 1. The number of hydrogen-bond donors (Lipinski definition) is 1. The van der Waals surface area contributed by atoms with Gasteiger partial charge in [-0.1, -0.05) is 12.1 Å². The normalized spacial score (nSPS) is 13.8. The van der Waals surface area contributed by atoms with Crippen LogP contribution in [0.3, 0.4) is 0 Å². The van der Waals surface area contributed by atoms with Crippen LogP contribution in [0.2, 0.25) is 0 Å². The molecule has 0 bridgehead atoms. The van der Waals surface area contributed by atoms with Crippen molar-refractivity contribution in [2.75, 3.05) is 27.2 Å². The van der Waals surface area contributed by atoms with Crippen molar-refractivity contribution in [1.29, 1.82) is 0 Å². The number of rotatable bonds is 6. The quantitative estimate of drug-likeness (QED) is 0.812. The molecule has 7 heteroatoms. The van der Waals surface area contributed by atoms with Gasteiger partial charge in [0, 0.05) is 24.7 Å². The molecule has 0 saturated heterocycles. The Balaban J connectivity index is 2.70. The summed E-state index contributed by atoms with van der Waals surface area (Å²) >= 11 is 0. The molecule has 0 spiro atoms. The lowest BCUT2D eigenvalue weighted by Crippen LogP contribution is -2.34. The summed E-state index contributed by atoms with van der Waals surface area (Å²) in [6, 6.07) is 3.20. The average Bonchev–Trinajstić information content (AvgIpc) is 2.36. The molecule has 0 heterocycles. The Morgan fingerprint density at radius 1 is 1.25 bits per heavy atom. The first kappa shape index (κ1) is 16.8. The molecule has 0 aromatic heterocycles. The molecule has 0 amide bonds. The van der Waals surface area contributed by atoms with Gasteiger partial charge in [-0.05, 0) is 20.2 Å². The van der Waals surface area contributed by atoms with Crippen molar-refractivity contribution < 1.29 is 22.0 Å². The van der Waals surface area contributed by atoms with Gasteiger partial charge in [-0.15, -0.1) is 0 Å². The van der Waals surface area contributed by atoms with Crippen LogP contribution in [-0.2, 0) is 0 Å². The first-order chi connectivity index (χ1) is 9.24. The van der Waals surface area contributed by atoms with Crippen LogP contribution >= 0.6 is 0 Å². The summed E-state index contributed by atoms with van der Waals surface area (Å²) in [5, 5.41) is 2.78. The van der Waals surface area contributed by atoms with Crippen molar-refractivity contribution in [3.8, 4) is 0 Å². The van der Waals surface area contributed by atoms with Crippen LogP contribution < -0.4 is 5.32 Å².